The van der Waals surface area contributed by atoms with Crippen LogP contribution in [-0.4, -0.2) is 26.3 Å². The maximum atomic E-state index is 11.6. The van der Waals surface area contributed by atoms with Gasteiger partial charge >= 0.3 is 0 Å². The Hall–Kier alpha value is -1.46. The summed E-state index contributed by atoms with van der Waals surface area (Å²) in [6.45, 7) is 2.90. The molecule has 0 radical (unpaired) electrons. The summed E-state index contributed by atoms with van der Waals surface area (Å²) >= 11 is 0. The molecule has 1 heterocycles. The molecule has 1 aliphatic heterocycles. The molecular formula is C13H19ClN2O3. The SMILES string of the molecule is CNCCC(=O)NC(C)c1ccc2c(c1)OCO2.Cl. The van der Waals surface area contributed by atoms with Crippen LogP contribution in [0, 0.1) is 0 Å². The minimum Gasteiger partial charge on any atom is -0.454 e. The molecule has 0 aliphatic carbocycles. The van der Waals surface area contributed by atoms with Crippen LogP contribution >= 0.6 is 12.4 Å². The van der Waals surface area contributed by atoms with Crippen molar-refractivity contribution in [2.24, 2.45) is 0 Å². The molecule has 2 N–H and O–H groups in total. The second kappa shape index (κ2) is 7.21. The van der Waals surface area contributed by atoms with Crippen molar-refractivity contribution in [3.63, 3.8) is 0 Å². The smallest absolute Gasteiger partial charge is 0.231 e. The zero-order valence-electron chi connectivity index (χ0n) is 11.1. The third-order valence-electron chi connectivity index (χ3n) is 2.88. The van der Waals surface area contributed by atoms with E-state index in [0.29, 0.717) is 13.0 Å². The Morgan fingerprint density at radius 3 is 2.84 bits per heavy atom. The van der Waals surface area contributed by atoms with Gasteiger partial charge in [0.15, 0.2) is 11.5 Å². The van der Waals surface area contributed by atoms with E-state index >= 15 is 0 Å². The predicted molar refractivity (Wildman–Crippen MR) is 74.9 cm³/mol. The van der Waals surface area contributed by atoms with E-state index in [1.807, 2.05) is 32.2 Å². The average Bonchev–Trinajstić information content (AvgIpc) is 2.83. The summed E-state index contributed by atoms with van der Waals surface area (Å²) in [5.41, 5.74) is 1.01. The molecular weight excluding hydrogens is 268 g/mol. The molecule has 1 aliphatic rings. The molecule has 0 aromatic heterocycles. The summed E-state index contributed by atoms with van der Waals surface area (Å²) in [5, 5.41) is 5.90. The first-order chi connectivity index (χ1) is 8.70. The molecule has 2 rings (SSSR count). The van der Waals surface area contributed by atoms with E-state index in [0.717, 1.165) is 17.1 Å². The molecule has 1 unspecified atom stereocenters. The monoisotopic (exact) mass is 286 g/mol. The van der Waals surface area contributed by atoms with E-state index in [9.17, 15) is 4.79 Å². The summed E-state index contributed by atoms with van der Waals surface area (Å²) in [6.07, 6.45) is 0.478. The molecule has 1 aromatic carbocycles. The number of ether oxygens (including phenoxy) is 2. The highest BCUT2D eigenvalue weighted by Gasteiger charge is 2.16. The van der Waals surface area contributed by atoms with Gasteiger partial charge in [-0.2, -0.15) is 0 Å². The highest BCUT2D eigenvalue weighted by Crippen LogP contribution is 2.34. The van der Waals surface area contributed by atoms with Crippen LogP contribution in [0.5, 0.6) is 11.5 Å². The van der Waals surface area contributed by atoms with Crippen molar-refractivity contribution in [2.75, 3.05) is 20.4 Å². The van der Waals surface area contributed by atoms with E-state index in [1.54, 1.807) is 0 Å². The zero-order valence-corrected chi connectivity index (χ0v) is 11.9. The first-order valence-corrected chi connectivity index (χ1v) is 6.04. The van der Waals surface area contributed by atoms with Crippen molar-refractivity contribution >= 4 is 18.3 Å². The topological polar surface area (TPSA) is 59.6 Å². The lowest BCUT2D eigenvalue weighted by Crippen LogP contribution is -2.29. The van der Waals surface area contributed by atoms with E-state index in [1.165, 1.54) is 0 Å². The number of fused-ring (bicyclic) bond motifs is 1. The second-order valence-corrected chi connectivity index (χ2v) is 4.26. The number of nitrogens with one attached hydrogen (secondary N) is 2. The van der Waals surface area contributed by atoms with Gasteiger partial charge in [0.1, 0.15) is 0 Å². The van der Waals surface area contributed by atoms with E-state index < -0.39 is 0 Å². The molecule has 6 heteroatoms. The zero-order chi connectivity index (χ0) is 13.0. The van der Waals surface area contributed by atoms with Crippen molar-refractivity contribution in [3.05, 3.63) is 23.8 Å². The van der Waals surface area contributed by atoms with Gasteiger partial charge in [-0.25, -0.2) is 0 Å². The number of carbonyl (C=O) groups excluding carboxylic acids is 1. The lowest BCUT2D eigenvalue weighted by molar-refractivity contribution is -0.121. The van der Waals surface area contributed by atoms with E-state index in [2.05, 4.69) is 10.6 Å². The molecule has 0 spiro atoms. The van der Waals surface area contributed by atoms with Crippen molar-refractivity contribution in [1.29, 1.82) is 0 Å². The quantitative estimate of drug-likeness (QED) is 0.864. The molecule has 5 nitrogen and oxygen atoms in total. The maximum Gasteiger partial charge on any atom is 0.231 e. The maximum absolute atomic E-state index is 11.6. The Morgan fingerprint density at radius 2 is 2.11 bits per heavy atom. The summed E-state index contributed by atoms with van der Waals surface area (Å²) in [5.74, 6) is 1.53. The number of benzene rings is 1. The number of amides is 1. The van der Waals surface area contributed by atoms with Gasteiger partial charge in [-0.3, -0.25) is 4.79 Å². The van der Waals surface area contributed by atoms with Crippen LogP contribution in [0.1, 0.15) is 24.9 Å². The fourth-order valence-electron chi connectivity index (χ4n) is 1.82. The van der Waals surface area contributed by atoms with Crippen LogP contribution in [0.15, 0.2) is 18.2 Å². The number of hydrogen-bond acceptors (Lipinski definition) is 4. The minimum atomic E-state index is -0.0381. The van der Waals surface area contributed by atoms with Gasteiger partial charge < -0.3 is 20.1 Å². The summed E-state index contributed by atoms with van der Waals surface area (Å²) in [4.78, 5) is 11.6. The lowest BCUT2D eigenvalue weighted by atomic mass is 10.1. The van der Waals surface area contributed by atoms with Crippen LogP contribution in [-0.2, 0) is 4.79 Å². The van der Waals surface area contributed by atoms with Crippen LogP contribution in [0.2, 0.25) is 0 Å². The Kier molecular flexibility index (Phi) is 5.92. The summed E-state index contributed by atoms with van der Waals surface area (Å²) in [7, 11) is 1.83. The van der Waals surface area contributed by atoms with Crippen molar-refractivity contribution in [3.8, 4) is 11.5 Å². The largest absolute Gasteiger partial charge is 0.454 e. The van der Waals surface area contributed by atoms with Crippen LogP contribution < -0.4 is 20.1 Å². The standard InChI is InChI=1S/C13H18N2O3.ClH/c1-9(15-13(16)5-6-14-2)10-3-4-11-12(7-10)18-8-17-11;/h3-4,7,9,14H,5-6,8H2,1-2H3,(H,15,16);1H. The van der Waals surface area contributed by atoms with Crippen LogP contribution in [0.25, 0.3) is 0 Å². The van der Waals surface area contributed by atoms with Gasteiger partial charge in [-0.05, 0) is 31.7 Å². The Bertz CT molecular complexity index is 440. The highest BCUT2D eigenvalue weighted by molar-refractivity contribution is 5.85. The van der Waals surface area contributed by atoms with Crippen LogP contribution in [0.4, 0.5) is 0 Å². The molecule has 1 amide bonds. The number of carbonyl (C=O) groups is 1. The number of rotatable bonds is 5. The van der Waals surface area contributed by atoms with Gasteiger partial charge in [-0.15, -0.1) is 12.4 Å². The van der Waals surface area contributed by atoms with Crippen molar-refractivity contribution in [1.82, 2.24) is 10.6 Å². The Balaban J connectivity index is 0.00000180. The minimum absolute atomic E-state index is 0. The summed E-state index contributed by atoms with van der Waals surface area (Å²) < 4.78 is 10.6. The first kappa shape index (κ1) is 15.6. The van der Waals surface area contributed by atoms with E-state index in [4.69, 9.17) is 9.47 Å². The number of halogens is 1. The molecule has 1 atom stereocenters. The van der Waals surface area contributed by atoms with Crippen LogP contribution in [0.3, 0.4) is 0 Å². The van der Waals surface area contributed by atoms with Crippen molar-refractivity contribution < 1.29 is 14.3 Å². The molecule has 0 bridgehead atoms. The Labute approximate surface area is 119 Å². The highest BCUT2D eigenvalue weighted by atomic mass is 35.5. The van der Waals surface area contributed by atoms with Crippen molar-refractivity contribution in [2.45, 2.75) is 19.4 Å². The van der Waals surface area contributed by atoms with E-state index in [-0.39, 0.29) is 31.1 Å². The number of hydrogen-bond donors (Lipinski definition) is 2. The van der Waals surface area contributed by atoms with Gasteiger partial charge in [0, 0.05) is 13.0 Å². The molecule has 0 saturated heterocycles. The molecule has 0 fully saturated rings. The average molecular weight is 287 g/mol. The first-order valence-electron chi connectivity index (χ1n) is 6.04. The summed E-state index contributed by atoms with van der Waals surface area (Å²) in [6, 6.07) is 5.68. The predicted octanol–water partition coefficient (Wildman–Crippen LogP) is 1.62. The van der Waals surface area contributed by atoms with Gasteiger partial charge in [0.2, 0.25) is 12.7 Å². The fourth-order valence-corrected chi connectivity index (χ4v) is 1.82. The third-order valence-corrected chi connectivity index (χ3v) is 2.88. The molecule has 0 saturated carbocycles. The van der Waals surface area contributed by atoms with Gasteiger partial charge in [0.25, 0.3) is 0 Å². The van der Waals surface area contributed by atoms with Gasteiger partial charge in [-0.1, -0.05) is 6.07 Å². The molecule has 106 valence electrons. The lowest BCUT2D eigenvalue weighted by Gasteiger charge is -2.14. The van der Waals surface area contributed by atoms with Gasteiger partial charge in [0.05, 0.1) is 6.04 Å². The normalized spacial score (nSPS) is 13.6. The molecule has 19 heavy (non-hydrogen) atoms. The molecule has 1 aromatic rings. The second-order valence-electron chi connectivity index (χ2n) is 4.26. The fraction of sp³-hybridized carbons (Fsp3) is 0.462. The Morgan fingerprint density at radius 1 is 1.37 bits per heavy atom. The third kappa shape index (κ3) is 4.01.